The van der Waals surface area contributed by atoms with Crippen molar-refractivity contribution in [1.82, 2.24) is 10.2 Å². The summed E-state index contributed by atoms with van der Waals surface area (Å²) in [5, 5.41) is 8.06. The van der Waals surface area contributed by atoms with E-state index in [1.165, 1.54) is 12.1 Å². The van der Waals surface area contributed by atoms with Crippen LogP contribution in [0.1, 0.15) is 31.4 Å². The number of hydrogen-bond donors (Lipinski definition) is 2. The van der Waals surface area contributed by atoms with Crippen molar-refractivity contribution in [2.24, 2.45) is 5.14 Å². The van der Waals surface area contributed by atoms with Crippen molar-refractivity contribution in [2.45, 2.75) is 30.7 Å². The van der Waals surface area contributed by atoms with Crippen LogP contribution in [0, 0.1) is 0 Å². The molecule has 0 aliphatic carbocycles. The maximum absolute atomic E-state index is 12.0. The number of nitrogens with two attached hydrogens (primary N) is 1. The molecular formula is C14H23N3O3S. The first-order valence-corrected chi connectivity index (χ1v) is 8.35. The molecule has 0 aromatic heterocycles. The normalized spacial score (nSPS) is 13.0. The molecule has 7 heteroatoms. The van der Waals surface area contributed by atoms with Gasteiger partial charge in [0.05, 0.1) is 10.9 Å². The van der Waals surface area contributed by atoms with Crippen molar-refractivity contribution in [2.75, 3.05) is 20.6 Å². The van der Waals surface area contributed by atoms with E-state index in [-0.39, 0.29) is 16.8 Å². The minimum absolute atomic E-state index is 0.0632. The number of primary sulfonamides is 1. The quantitative estimate of drug-likeness (QED) is 0.730. The van der Waals surface area contributed by atoms with Crippen LogP contribution in [-0.4, -0.2) is 39.9 Å². The maximum Gasteiger partial charge on any atom is 0.238 e. The lowest BCUT2D eigenvalue weighted by Gasteiger charge is -2.25. The third-order valence-electron chi connectivity index (χ3n) is 3.48. The highest BCUT2D eigenvalue weighted by atomic mass is 32.2. The van der Waals surface area contributed by atoms with E-state index in [1.807, 2.05) is 14.0 Å². The van der Waals surface area contributed by atoms with Crippen LogP contribution in [-0.2, 0) is 14.8 Å². The van der Waals surface area contributed by atoms with Gasteiger partial charge in [-0.25, -0.2) is 13.6 Å². The van der Waals surface area contributed by atoms with Crippen molar-refractivity contribution >= 4 is 15.9 Å². The van der Waals surface area contributed by atoms with E-state index >= 15 is 0 Å². The molecule has 0 heterocycles. The van der Waals surface area contributed by atoms with Gasteiger partial charge in [0.15, 0.2) is 0 Å². The average Bonchev–Trinajstić information content (AvgIpc) is 2.45. The lowest BCUT2D eigenvalue weighted by molar-refractivity contribution is -0.131. The molecule has 1 atom stereocenters. The molecule has 0 saturated heterocycles. The molecule has 1 amide bonds. The Balaban J connectivity index is 2.74. The Morgan fingerprint density at radius 1 is 1.33 bits per heavy atom. The Bertz CT molecular complexity index is 570. The topological polar surface area (TPSA) is 92.5 Å². The Morgan fingerprint density at radius 3 is 2.38 bits per heavy atom. The molecule has 0 saturated carbocycles. The van der Waals surface area contributed by atoms with E-state index in [0.29, 0.717) is 6.42 Å². The van der Waals surface area contributed by atoms with E-state index < -0.39 is 10.0 Å². The fourth-order valence-corrected chi connectivity index (χ4v) is 2.48. The van der Waals surface area contributed by atoms with Crippen molar-refractivity contribution in [1.29, 1.82) is 0 Å². The summed E-state index contributed by atoms with van der Waals surface area (Å²) in [6.45, 7) is 2.71. The zero-order valence-electron chi connectivity index (χ0n) is 12.7. The Morgan fingerprint density at radius 2 is 1.90 bits per heavy atom. The minimum atomic E-state index is -3.68. The summed E-state index contributed by atoms with van der Waals surface area (Å²) in [5.41, 5.74) is 0.867. The largest absolute Gasteiger partial charge is 0.339 e. The molecule has 1 aromatic carbocycles. The summed E-state index contributed by atoms with van der Waals surface area (Å²) < 4.78 is 22.4. The zero-order valence-corrected chi connectivity index (χ0v) is 13.5. The highest BCUT2D eigenvalue weighted by Gasteiger charge is 2.17. The van der Waals surface area contributed by atoms with Gasteiger partial charge in [-0.3, -0.25) is 4.79 Å². The second-order valence-corrected chi connectivity index (χ2v) is 6.56. The van der Waals surface area contributed by atoms with Gasteiger partial charge < -0.3 is 10.2 Å². The molecule has 1 unspecified atom stereocenters. The number of nitrogens with zero attached hydrogens (tertiary/aromatic N) is 1. The predicted octanol–water partition coefficient (Wildman–Crippen LogP) is 0.853. The molecule has 0 spiro atoms. The zero-order chi connectivity index (χ0) is 16.0. The van der Waals surface area contributed by atoms with E-state index in [1.54, 1.807) is 24.1 Å². The molecule has 0 fully saturated rings. The highest BCUT2D eigenvalue weighted by Crippen LogP contribution is 2.21. The molecule has 0 aliphatic heterocycles. The fraction of sp³-hybridized carbons (Fsp3) is 0.500. The monoisotopic (exact) mass is 313 g/mol. The second-order valence-electron chi connectivity index (χ2n) is 5.00. The van der Waals surface area contributed by atoms with Crippen LogP contribution < -0.4 is 10.5 Å². The predicted molar refractivity (Wildman–Crippen MR) is 82.2 cm³/mol. The van der Waals surface area contributed by atoms with Gasteiger partial charge in [0.1, 0.15) is 0 Å². The van der Waals surface area contributed by atoms with Gasteiger partial charge in [-0.15, -0.1) is 0 Å². The molecular weight excluding hydrogens is 290 g/mol. The number of sulfonamides is 1. The first-order valence-electron chi connectivity index (χ1n) is 6.80. The lowest BCUT2D eigenvalue weighted by Crippen LogP contribution is -2.30. The van der Waals surface area contributed by atoms with Crippen LogP contribution in [0.5, 0.6) is 0 Å². The molecule has 1 rings (SSSR count). The molecule has 0 aliphatic rings. The maximum atomic E-state index is 12.0. The SMILES string of the molecule is CNCCCC(=O)N(C)C(C)c1ccc(S(N)(=O)=O)cc1. The van der Waals surface area contributed by atoms with Crippen LogP contribution in [0.2, 0.25) is 0 Å². The number of rotatable bonds is 7. The Labute approximate surface area is 126 Å². The second kappa shape index (κ2) is 7.53. The summed E-state index contributed by atoms with van der Waals surface area (Å²) in [7, 11) is -0.0833. The van der Waals surface area contributed by atoms with Crippen LogP contribution in [0.15, 0.2) is 29.2 Å². The van der Waals surface area contributed by atoms with Gasteiger partial charge in [0, 0.05) is 13.5 Å². The fourth-order valence-electron chi connectivity index (χ4n) is 1.97. The van der Waals surface area contributed by atoms with E-state index in [2.05, 4.69) is 5.32 Å². The molecule has 3 N–H and O–H groups in total. The van der Waals surface area contributed by atoms with Crippen molar-refractivity contribution in [3.63, 3.8) is 0 Å². The highest BCUT2D eigenvalue weighted by molar-refractivity contribution is 7.89. The third-order valence-corrected chi connectivity index (χ3v) is 4.41. The van der Waals surface area contributed by atoms with Gasteiger partial charge in [-0.2, -0.15) is 0 Å². The molecule has 118 valence electrons. The van der Waals surface area contributed by atoms with Crippen molar-refractivity contribution < 1.29 is 13.2 Å². The molecule has 21 heavy (non-hydrogen) atoms. The lowest BCUT2D eigenvalue weighted by atomic mass is 10.1. The Hall–Kier alpha value is -1.44. The minimum Gasteiger partial charge on any atom is -0.339 e. The molecule has 6 nitrogen and oxygen atoms in total. The average molecular weight is 313 g/mol. The van der Waals surface area contributed by atoms with Crippen LogP contribution in [0.3, 0.4) is 0 Å². The van der Waals surface area contributed by atoms with Crippen LogP contribution in [0.25, 0.3) is 0 Å². The van der Waals surface area contributed by atoms with Gasteiger partial charge >= 0.3 is 0 Å². The van der Waals surface area contributed by atoms with E-state index in [0.717, 1.165) is 18.5 Å². The smallest absolute Gasteiger partial charge is 0.238 e. The standard InChI is InChI=1S/C14H23N3O3S/c1-11(17(3)14(18)5-4-10-16-2)12-6-8-13(9-7-12)21(15,19)20/h6-9,11,16H,4-5,10H2,1-3H3,(H2,15,19,20). The summed E-state index contributed by atoms with van der Waals surface area (Å²) in [5.74, 6) is 0.0632. The van der Waals surface area contributed by atoms with E-state index in [4.69, 9.17) is 5.14 Å². The van der Waals surface area contributed by atoms with Gasteiger partial charge in [0.2, 0.25) is 15.9 Å². The summed E-state index contributed by atoms with van der Waals surface area (Å²) in [4.78, 5) is 13.8. The summed E-state index contributed by atoms with van der Waals surface area (Å²) in [6, 6.07) is 6.16. The molecule has 0 radical (unpaired) electrons. The van der Waals surface area contributed by atoms with Crippen LogP contribution >= 0.6 is 0 Å². The number of amides is 1. The third kappa shape index (κ3) is 5.11. The van der Waals surface area contributed by atoms with Crippen LogP contribution in [0.4, 0.5) is 0 Å². The van der Waals surface area contributed by atoms with Gasteiger partial charge in [0.25, 0.3) is 0 Å². The van der Waals surface area contributed by atoms with Crippen molar-refractivity contribution in [3.05, 3.63) is 29.8 Å². The summed E-state index contributed by atoms with van der Waals surface area (Å²) in [6.07, 6.45) is 1.27. The number of hydrogen-bond acceptors (Lipinski definition) is 4. The van der Waals surface area contributed by atoms with Crippen molar-refractivity contribution in [3.8, 4) is 0 Å². The van der Waals surface area contributed by atoms with Gasteiger partial charge in [-0.05, 0) is 44.6 Å². The van der Waals surface area contributed by atoms with Gasteiger partial charge in [-0.1, -0.05) is 12.1 Å². The van der Waals surface area contributed by atoms with E-state index in [9.17, 15) is 13.2 Å². The molecule has 0 bridgehead atoms. The number of nitrogens with one attached hydrogen (secondary N) is 1. The molecule has 1 aromatic rings. The first kappa shape index (κ1) is 17.6. The number of carbonyl (C=O) groups is 1. The number of benzene rings is 1. The first-order chi connectivity index (χ1) is 9.77. The Kier molecular flexibility index (Phi) is 6.32. The number of carbonyl (C=O) groups excluding carboxylic acids is 1. The summed E-state index contributed by atoms with van der Waals surface area (Å²) >= 11 is 0.